The van der Waals surface area contributed by atoms with Crippen LogP contribution in [0.5, 0.6) is 0 Å². The van der Waals surface area contributed by atoms with E-state index in [0.717, 1.165) is 4.34 Å². The van der Waals surface area contributed by atoms with Crippen LogP contribution in [0, 0.1) is 5.41 Å². The molecule has 0 aliphatic carbocycles. The van der Waals surface area contributed by atoms with Crippen molar-refractivity contribution in [3.8, 4) is 0 Å². The largest absolute Gasteiger partial charge is 0.384 e. The molecule has 0 aliphatic rings. The Balaban J connectivity index is 2.00. The van der Waals surface area contributed by atoms with E-state index in [0.29, 0.717) is 11.3 Å². The molecule has 20 heavy (non-hydrogen) atoms. The second-order valence-electron chi connectivity index (χ2n) is 3.81. The molecule has 0 saturated heterocycles. The molecule has 0 atom stereocenters. The SMILES string of the molecule is N=C(N)c1ccc(S(=O)(=O)CCSc2nncs2)cc1. The zero-order valence-electron chi connectivity index (χ0n) is 10.3. The molecule has 0 spiro atoms. The van der Waals surface area contributed by atoms with Crippen molar-refractivity contribution >= 4 is 38.8 Å². The van der Waals surface area contributed by atoms with Gasteiger partial charge in [0.15, 0.2) is 14.2 Å². The van der Waals surface area contributed by atoms with Crippen molar-refractivity contribution in [1.29, 1.82) is 5.41 Å². The zero-order chi connectivity index (χ0) is 14.6. The summed E-state index contributed by atoms with van der Waals surface area (Å²) in [5, 5.41) is 14.8. The number of thioether (sulfide) groups is 1. The number of nitrogens with two attached hydrogens (primary N) is 1. The van der Waals surface area contributed by atoms with Gasteiger partial charge in [-0.15, -0.1) is 10.2 Å². The lowest BCUT2D eigenvalue weighted by Crippen LogP contribution is -2.12. The lowest BCUT2D eigenvalue weighted by molar-refractivity contribution is 0.597. The summed E-state index contributed by atoms with van der Waals surface area (Å²) < 4.78 is 25.0. The van der Waals surface area contributed by atoms with Crippen LogP contribution in [0.15, 0.2) is 39.0 Å². The maximum Gasteiger partial charge on any atom is 0.179 e. The van der Waals surface area contributed by atoms with Gasteiger partial charge < -0.3 is 5.73 Å². The third-order valence-electron chi connectivity index (χ3n) is 2.44. The molecular weight excluding hydrogens is 316 g/mol. The minimum absolute atomic E-state index is 0.0245. The van der Waals surface area contributed by atoms with Crippen molar-refractivity contribution in [2.45, 2.75) is 9.24 Å². The van der Waals surface area contributed by atoms with Gasteiger partial charge >= 0.3 is 0 Å². The fourth-order valence-electron chi connectivity index (χ4n) is 1.42. The number of rotatable bonds is 6. The molecule has 3 N–H and O–H groups in total. The van der Waals surface area contributed by atoms with Crippen LogP contribution in [0.2, 0.25) is 0 Å². The Labute approximate surface area is 124 Å². The standard InChI is InChI=1S/C11H12N4O2S3/c12-10(13)8-1-3-9(4-2-8)20(16,17)6-5-18-11-15-14-7-19-11/h1-4,7H,5-6H2,(H3,12,13). The summed E-state index contributed by atoms with van der Waals surface area (Å²) in [7, 11) is -3.33. The van der Waals surface area contributed by atoms with Crippen molar-refractivity contribution < 1.29 is 8.42 Å². The average Bonchev–Trinajstić information content (AvgIpc) is 2.92. The van der Waals surface area contributed by atoms with Crippen LogP contribution in [0.25, 0.3) is 0 Å². The topological polar surface area (TPSA) is 110 Å². The second-order valence-corrected chi connectivity index (χ2v) is 8.09. The fourth-order valence-corrected chi connectivity index (χ4v) is 4.63. The van der Waals surface area contributed by atoms with Crippen LogP contribution in [-0.4, -0.2) is 36.0 Å². The number of aromatic nitrogens is 2. The van der Waals surface area contributed by atoms with Crippen LogP contribution < -0.4 is 5.73 Å². The third-order valence-corrected chi connectivity index (χ3v) is 6.29. The third kappa shape index (κ3) is 3.78. The van der Waals surface area contributed by atoms with Crippen LogP contribution in [0.3, 0.4) is 0 Å². The average molecular weight is 328 g/mol. The van der Waals surface area contributed by atoms with Gasteiger partial charge in [0, 0.05) is 11.3 Å². The van der Waals surface area contributed by atoms with Gasteiger partial charge in [-0.3, -0.25) is 5.41 Å². The van der Waals surface area contributed by atoms with Crippen LogP contribution in [-0.2, 0) is 9.84 Å². The number of hydrogen-bond acceptors (Lipinski definition) is 7. The molecule has 1 aromatic heterocycles. The number of amidine groups is 1. The Kier molecular flexibility index (Phi) is 4.73. The Morgan fingerprint density at radius 1 is 1.35 bits per heavy atom. The van der Waals surface area contributed by atoms with Gasteiger partial charge in [-0.05, 0) is 12.1 Å². The maximum atomic E-state index is 12.1. The van der Waals surface area contributed by atoms with E-state index in [1.54, 1.807) is 5.51 Å². The monoisotopic (exact) mass is 328 g/mol. The summed E-state index contributed by atoms with van der Waals surface area (Å²) in [4.78, 5) is 0.236. The number of nitrogens with zero attached hydrogens (tertiary/aromatic N) is 2. The summed E-state index contributed by atoms with van der Waals surface area (Å²) >= 11 is 2.75. The van der Waals surface area contributed by atoms with E-state index >= 15 is 0 Å². The first kappa shape index (κ1) is 14.9. The first-order valence-corrected chi connectivity index (χ1v) is 9.07. The Hall–Kier alpha value is -1.45. The summed E-state index contributed by atoms with van der Waals surface area (Å²) in [6, 6.07) is 6.02. The summed E-state index contributed by atoms with van der Waals surface area (Å²) in [6.07, 6.45) is 0. The lowest BCUT2D eigenvalue weighted by atomic mass is 10.2. The zero-order valence-corrected chi connectivity index (χ0v) is 12.8. The van der Waals surface area contributed by atoms with E-state index in [-0.39, 0.29) is 16.5 Å². The molecule has 0 saturated carbocycles. The quantitative estimate of drug-likeness (QED) is 0.471. The number of benzene rings is 1. The highest BCUT2D eigenvalue weighted by Gasteiger charge is 2.15. The molecule has 2 rings (SSSR count). The first-order chi connectivity index (χ1) is 9.49. The minimum Gasteiger partial charge on any atom is -0.384 e. The van der Waals surface area contributed by atoms with Gasteiger partial charge in [-0.2, -0.15) is 0 Å². The molecule has 106 valence electrons. The second kappa shape index (κ2) is 6.33. The van der Waals surface area contributed by atoms with Gasteiger partial charge in [0.1, 0.15) is 11.3 Å². The predicted molar refractivity (Wildman–Crippen MR) is 80.1 cm³/mol. The van der Waals surface area contributed by atoms with Gasteiger partial charge in [0.2, 0.25) is 0 Å². The summed E-state index contributed by atoms with van der Waals surface area (Å²) in [5.41, 5.74) is 7.44. The molecule has 9 heteroatoms. The molecule has 0 bridgehead atoms. The maximum absolute atomic E-state index is 12.1. The van der Waals surface area contributed by atoms with E-state index < -0.39 is 9.84 Å². The van der Waals surface area contributed by atoms with Crippen molar-refractivity contribution in [3.05, 3.63) is 35.3 Å². The van der Waals surface area contributed by atoms with Gasteiger partial charge in [0.25, 0.3) is 0 Å². The van der Waals surface area contributed by atoms with Crippen LogP contribution in [0.1, 0.15) is 5.56 Å². The number of nitrogens with one attached hydrogen (secondary N) is 1. The van der Waals surface area contributed by atoms with Crippen molar-refractivity contribution in [1.82, 2.24) is 10.2 Å². The van der Waals surface area contributed by atoms with Gasteiger partial charge in [-0.25, -0.2) is 8.42 Å². The molecular formula is C11H12N4O2S3. The van der Waals surface area contributed by atoms with Crippen molar-refractivity contribution in [3.63, 3.8) is 0 Å². The van der Waals surface area contributed by atoms with E-state index in [1.807, 2.05) is 0 Å². The molecule has 0 unspecified atom stereocenters. The van der Waals surface area contributed by atoms with Gasteiger partial charge in [0.05, 0.1) is 10.6 Å². The fraction of sp³-hybridized carbons (Fsp3) is 0.182. The van der Waals surface area contributed by atoms with Crippen molar-refractivity contribution in [2.24, 2.45) is 5.73 Å². The molecule has 0 radical (unpaired) electrons. The van der Waals surface area contributed by atoms with Crippen LogP contribution >= 0.6 is 23.1 Å². The van der Waals surface area contributed by atoms with E-state index in [1.165, 1.54) is 47.4 Å². The summed E-state index contributed by atoms with van der Waals surface area (Å²) in [5.74, 6) is 0.364. The Morgan fingerprint density at radius 3 is 2.60 bits per heavy atom. The molecule has 0 aliphatic heterocycles. The molecule has 2 aromatic rings. The molecule has 0 fully saturated rings. The molecule has 1 heterocycles. The number of hydrogen-bond donors (Lipinski definition) is 2. The summed E-state index contributed by atoms with van der Waals surface area (Å²) in [6.45, 7) is 0. The molecule has 0 amide bonds. The Bertz CT molecular complexity index is 681. The lowest BCUT2D eigenvalue weighted by Gasteiger charge is -2.04. The molecule has 6 nitrogen and oxygen atoms in total. The highest BCUT2D eigenvalue weighted by Crippen LogP contribution is 2.20. The Morgan fingerprint density at radius 2 is 2.05 bits per heavy atom. The highest BCUT2D eigenvalue weighted by molar-refractivity contribution is 8.02. The predicted octanol–water partition coefficient (Wildman–Crippen LogP) is 1.39. The normalized spacial score (nSPS) is 11.4. The highest BCUT2D eigenvalue weighted by atomic mass is 32.2. The number of nitrogen functional groups attached to an aromatic ring is 1. The number of sulfone groups is 1. The van der Waals surface area contributed by atoms with Gasteiger partial charge in [-0.1, -0.05) is 35.2 Å². The van der Waals surface area contributed by atoms with Crippen molar-refractivity contribution in [2.75, 3.05) is 11.5 Å². The van der Waals surface area contributed by atoms with Crippen LogP contribution in [0.4, 0.5) is 0 Å². The van der Waals surface area contributed by atoms with E-state index in [2.05, 4.69) is 10.2 Å². The smallest absolute Gasteiger partial charge is 0.179 e. The van der Waals surface area contributed by atoms with E-state index in [9.17, 15) is 8.42 Å². The molecule has 1 aromatic carbocycles. The first-order valence-electron chi connectivity index (χ1n) is 5.55. The van der Waals surface area contributed by atoms with E-state index in [4.69, 9.17) is 11.1 Å². The minimum atomic E-state index is -3.33.